The van der Waals surface area contributed by atoms with E-state index in [2.05, 4.69) is 5.32 Å². The monoisotopic (exact) mass is 406 g/mol. The quantitative estimate of drug-likeness (QED) is 0.578. The van der Waals surface area contributed by atoms with E-state index in [0.29, 0.717) is 5.69 Å². The highest BCUT2D eigenvalue weighted by atomic mass is 35.6. The number of halogens is 3. The second-order valence-corrected chi connectivity index (χ2v) is 7.68. The lowest BCUT2D eigenvalue weighted by Crippen LogP contribution is -2.40. The zero-order valence-electron chi connectivity index (χ0n) is 13.7. The summed E-state index contributed by atoms with van der Waals surface area (Å²) in [5.74, 6) is -0.971. The first-order valence-corrected chi connectivity index (χ1v) is 8.31. The lowest BCUT2D eigenvalue weighted by Gasteiger charge is -2.11. The fraction of sp³-hybridized carbons (Fsp3) is 0.312. The van der Waals surface area contributed by atoms with E-state index < -0.39 is 15.8 Å². The van der Waals surface area contributed by atoms with Crippen molar-refractivity contribution in [1.82, 2.24) is 5.32 Å². The van der Waals surface area contributed by atoms with Gasteiger partial charge < -0.3 is 10.1 Å². The summed E-state index contributed by atoms with van der Waals surface area (Å²) < 4.78 is 2.60. The smallest absolute Gasteiger partial charge is 0.410 e. The molecule has 0 bridgehead atoms. The third-order valence-corrected chi connectivity index (χ3v) is 3.59. The average molecular weight is 408 g/mol. The summed E-state index contributed by atoms with van der Waals surface area (Å²) in [5, 5.41) is 4.46. The molecule has 1 aromatic rings. The molecule has 0 unspecified atom stereocenters. The molecule has 2 N–H and O–H groups in total. The number of nitrogens with one attached hydrogen (secondary N) is 2. The molecule has 6 nitrogen and oxygen atoms in total. The average Bonchev–Trinajstić information content (AvgIpc) is 2.47. The van der Waals surface area contributed by atoms with Crippen LogP contribution in [0.5, 0.6) is 5.75 Å². The first kappa shape index (κ1) is 21.3. The van der Waals surface area contributed by atoms with Gasteiger partial charge in [0.25, 0.3) is 9.70 Å². The molecule has 0 saturated heterocycles. The zero-order valence-corrected chi connectivity index (χ0v) is 16.0. The molecule has 0 spiro atoms. The minimum atomic E-state index is -2.27. The van der Waals surface area contributed by atoms with Gasteiger partial charge in [0.15, 0.2) is 0 Å². The van der Waals surface area contributed by atoms with Crippen molar-refractivity contribution in [1.29, 1.82) is 0 Å². The van der Waals surface area contributed by atoms with Gasteiger partial charge >= 0.3 is 6.09 Å². The van der Waals surface area contributed by atoms with Crippen LogP contribution in [-0.4, -0.2) is 21.7 Å². The molecule has 0 saturated carbocycles. The standard InChI is InChI=1S/C16H17Cl3N2O4/c1-9(2)10(3)8-13(22)20-11-4-6-12(7-5-11)25-15(24)21-14(23)16(17,18)19/h4-9H,1-3H3,(H,20,22)(H,21,23,24)/b10-8+. The highest BCUT2D eigenvalue weighted by molar-refractivity contribution is 6.76. The number of amides is 3. The van der Waals surface area contributed by atoms with Gasteiger partial charge in [-0.3, -0.25) is 14.9 Å². The molecule has 0 fully saturated rings. The Labute approximate surface area is 160 Å². The molecule has 25 heavy (non-hydrogen) atoms. The number of ether oxygens (including phenoxy) is 1. The van der Waals surface area contributed by atoms with Crippen molar-refractivity contribution < 1.29 is 19.1 Å². The van der Waals surface area contributed by atoms with Crippen molar-refractivity contribution in [3.63, 3.8) is 0 Å². The van der Waals surface area contributed by atoms with Gasteiger partial charge in [0.2, 0.25) is 5.91 Å². The van der Waals surface area contributed by atoms with Crippen molar-refractivity contribution in [2.45, 2.75) is 24.6 Å². The van der Waals surface area contributed by atoms with Gasteiger partial charge in [-0.1, -0.05) is 54.2 Å². The molecule has 9 heteroatoms. The summed E-state index contributed by atoms with van der Waals surface area (Å²) >= 11 is 16.0. The fourth-order valence-corrected chi connectivity index (χ4v) is 1.60. The second kappa shape index (κ2) is 9.08. The second-order valence-electron chi connectivity index (χ2n) is 5.40. The number of benzene rings is 1. The summed E-state index contributed by atoms with van der Waals surface area (Å²) in [7, 11) is 0. The van der Waals surface area contributed by atoms with Crippen LogP contribution in [0.1, 0.15) is 20.8 Å². The minimum Gasteiger partial charge on any atom is -0.410 e. The molecule has 0 radical (unpaired) electrons. The van der Waals surface area contributed by atoms with E-state index in [1.54, 1.807) is 5.32 Å². The van der Waals surface area contributed by atoms with Crippen LogP contribution >= 0.6 is 34.8 Å². The molecule has 0 aromatic heterocycles. The van der Waals surface area contributed by atoms with Crippen LogP contribution in [0.3, 0.4) is 0 Å². The van der Waals surface area contributed by atoms with E-state index in [9.17, 15) is 14.4 Å². The van der Waals surface area contributed by atoms with Crippen LogP contribution in [0.15, 0.2) is 35.9 Å². The van der Waals surface area contributed by atoms with E-state index in [4.69, 9.17) is 39.5 Å². The number of anilines is 1. The van der Waals surface area contributed by atoms with Gasteiger partial charge in [-0.25, -0.2) is 4.79 Å². The Hall–Kier alpha value is -1.76. The molecule has 0 aliphatic carbocycles. The van der Waals surface area contributed by atoms with E-state index >= 15 is 0 Å². The SMILES string of the molecule is C/C(=C\C(=O)Nc1ccc(OC(=O)NC(=O)C(Cl)(Cl)Cl)cc1)C(C)C. The lowest BCUT2D eigenvalue weighted by atomic mass is 10.1. The molecular weight excluding hydrogens is 391 g/mol. The normalized spacial score (nSPS) is 11.9. The minimum absolute atomic E-state index is 0.140. The highest BCUT2D eigenvalue weighted by Crippen LogP contribution is 2.26. The van der Waals surface area contributed by atoms with E-state index in [1.165, 1.54) is 30.3 Å². The summed E-state index contributed by atoms with van der Waals surface area (Å²) in [6.45, 7) is 5.85. The summed E-state index contributed by atoms with van der Waals surface area (Å²) in [5.41, 5.74) is 1.47. The number of hydrogen-bond acceptors (Lipinski definition) is 4. The molecule has 1 aromatic carbocycles. The topological polar surface area (TPSA) is 84.5 Å². The maximum atomic E-state index is 11.8. The van der Waals surface area contributed by atoms with Crippen LogP contribution in [-0.2, 0) is 9.59 Å². The Morgan fingerprint density at radius 3 is 2.16 bits per heavy atom. The zero-order chi connectivity index (χ0) is 19.2. The van der Waals surface area contributed by atoms with Crippen molar-refractivity contribution >= 4 is 58.4 Å². The van der Waals surface area contributed by atoms with Gasteiger partial charge in [-0.05, 0) is 37.1 Å². The third-order valence-electron chi connectivity index (χ3n) is 3.07. The van der Waals surface area contributed by atoms with Crippen LogP contribution in [0.25, 0.3) is 0 Å². The Morgan fingerprint density at radius 1 is 1.12 bits per heavy atom. The van der Waals surface area contributed by atoms with Crippen LogP contribution < -0.4 is 15.4 Å². The predicted octanol–water partition coefficient (Wildman–Crippen LogP) is 4.21. The van der Waals surface area contributed by atoms with Gasteiger partial charge in [0.05, 0.1) is 0 Å². The van der Waals surface area contributed by atoms with Gasteiger partial charge in [0, 0.05) is 11.8 Å². The molecule has 136 valence electrons. The van der Waals surface area contributed by atoms with E-state index in [0.717, 1.165) is 5.57 Å². The largest absolute Gasteiger partial charge is 0.419 e. The summed E-state index contributed by atoms with van der Waals surface area (Å²) in [4.78, 5) is 34.7. The molecule has 0 aliphatic heterocycles. The van der Waals surface area contributed by atoms with Crippen LogP contribution in [0.2, 0.25) is 0 Å². The molecule has 0 heterocycles. The maximum absolute atomic E-state index is 11.8. The van der Waals surface area contributed by atoms with Crippen molar-refractivity contribution in [3.8, 4) is 5.75 Å². The van der Waals surface area contributed by atoms with Gasteiger partial charge in [0.1, 0.15) is 5.75 Å². The third kappa shape index (κ3) is 7.77. The molecular formula is C16H17Cl3N2O4. The highest BCUT2D eigenvalue weighted by Gasteiger charge is 2.32. The van der Waals surface area contributed by atoms with Gasteiger partial charge in [-0.2, -0.15) is 0 Å². The predicted molar refractivity (Wildman–Crippen MR) is 98.1 cm³/mol. The summed E-state index contributed by atoms with van der Waals surface area (Å²) in [6.07, 6.45) is 0.425. The lowest BCUT2D eigenvalue weighted by molar-refractivity contribution is -0.119. The number of hydrogen-bond donors (Lipinski definition) is 2. The Morgan fingerprint density at radius 2 is 1.68 bits per heavy atom. The van der Waals surface area contributed by atoms with Gasteiger partial charge in [-0.15, -0.1) is 0 Å². The molecule has 1 rings (SSSR count). The number of alkyl halides is 3. The molecule has 0 atom stereocenters. The number of carbonyl (C=O) groups excluding carboxylic acids is 3. The molecule has 0 aliphatic rings. The van der Waals surface area contributed by atoms with Crippen molar-refractivity contribution in [3.05, 3.63) is 35.9 Å². The maximum Gasteiger partial charge on any atom is 0.419 e. The number of carbonyl (C=O) groups is 3. The molecule has 3 amide bonds. The van der Waals surface area contributed by atoms with Crippen molar-refractivity contribution in [2.24, 2.45) is 5.92 Å². The number of allylic oxidation sites excluding steroid dienone is 1. The van der Waals surface area contributed by atoms with Crippen molar-refractivity contribution in [2.75, 3.05) is 5.32 Å². The Kier molecular flexibility index (Phi) is 7.73. The Bertz CT molecular complexity index is 680. The van der Waals surface area contributed by atoms with E-state index in [-0.39, 0.29) is 17.6 Å². The first-order valence-electron chi connectivity index (χ1n) is 7.18. The Balaban J connectivity index is 2.62. The van der Waals surface area contributed by atoms with E-state index in [1.807, 2.05) is 20.8 Å². The summed E-state index contributed by atoms with van der Waals surface area (Å²) in [6, 6.07) is 5.95. The fourth-order valence-electron chi connectivity index (χ4n) is 1.45. The number of rotatable bonds is 4. The number of imide groups is 1. The van der Waals surface area contributed by atoms with Crippen LogP contribution in [0, 0.1) is 5.92 Å². The van der Waals surface area contributed by atoms with Crippen LogP contribution in [0.4, 0.5) is 10.5 Å². The first-order chi connectivity index (χ1) is 11.5.